The van der Waals surface area contributed by atoms with E-state index in [0.29, 0.717) is 52.2 Å². The van der Waals surface area contributed by atoms with Gasteiger partial charge in [-0.2, -0.15) is 0 Å². The van der Waals surface area contributed by atoms with Crippen molar-refractivity contribution >= 4 is 23.9 Å². The van der Waals surface area contributed by atoms with E-state index in [1.165, 1.54) is 26.0 Å². The Labute approximate surface area is 217 Å². The number of esters is 3. The highest BCUT2D eigenvalue weighted by Gasteiger charge is 2.54. The van der Waals surface area contributed by atoms with Gasteiger partial charge in [0, 0.05) is 42.7 Å². The van der Waals surface area contributed by atoms with Gasteiger partial charge in [0.15, 0.2) is 5.60 Å². The summed E-state index contributed by atoms with van der Waals surface area (Å²) < 4.78 is 23.3. The van der Waals surface area contributed by atoms with Crippen LogP contribution in [0.25, 0.3) is 0 Å². The van der Waals surface area contributed by atoms with Gasteiger partial charge in [-0.3, -0.25) is 9.59 Å². The number of fused-ring (bicyclic) bond motifs is 6. The van der Waals surface area contributed by atoms with E-state index in [1.54, 1.807) is 30.3 Å². The van der Waals surface area contributed by atoms with Gasteiger partial charge in [-0.05, 0) is 48.2 Å². The molecular weight excluding hydrogens is 492 g/mol. The SMILES string of the molecule is CCc1cc2c(cc1OC(C)=O)Oc1cc(OC(C)=O)c(CC)cc1C21OC(=O)c2cc(C(=O)O)ccc21. The number of hydrogen-bond acceptors (Lipinski definition) is 8. The smallest absolute Gasteiger partial charge is 0.340 e. The van der Waals surface area contributed by atoms with E-state index in [2.05, 4.69) is 0 Å². The van der Waals surface area contributed by atoms with Gasteiger partial charge in [0.25, 0.3) is 0 Å². The fourth-order valence-electron chi connectivity index (χ4n) is 5.05. The standard InChI is InChI=1S/C29H24O9/c1-5-16-10-21-25(12-23(16)35-14(3)30)37-26-13-24(36-15(4)31)17(6-2)11-22(26)29(21)20-8-7-18(27(32)33)9-19(20)28(34)38-29/h7-13H,5-6H2,1-4H3,(H,32,33). The summed E-state index contributed by atoms with van der Waals surface area (Å²) in [5, 5.41) is 9.51. The Morgan fingerprint density at radius 3 is 1.79 bits per heavy atom. The molecule has 0 fully saturated rings. The molecule has 0 atom stereocenters. The number of carboxylic acid groups (broad SMARTS) is 1. The molecule has 0 aromatic heterocycles. The highest BCUT2D eigenvalue weighted by atomic mass is 16.6. The Kier molecular flexibility index (Phi) is 5.94. The first-order valence-corrected chi connectivity index (χ1v) is 12.1. The molecule has 2 aliphatic heterocycles. The first-order chi connectivity index (χ1) is 18.1. The van der Waals surface area contributed by atoms with Gasteiger partial charge < -0.3 is 24.1 Å². The van der Waals surface area contributed by atoms with Crippen LogP contribution in [0.5, 0.6) is 23.0 Å². The third-order valence-corrected chi connectivity index (χ3v) is 6.68. The summed E-state index contributed by atoms with van der Waals surface area (Å²) in [6.07, 6.45) is 1.01. The topological polar surface area (TPSA) is 125 Å². The zero-order valence-electron chi connectivity index (χ0n) is 21.2. The molecule has 0 saturated heterocycles. The molecule has 2 heterocycles. The van der Waals surface area contributed by atoms with Crippen molar-refractivity contribution in [2.75, 3.05) is 0 Å². The van der Waals surface area contributed by atoms with E-state index >= 15 is 0 Å². The number of aryl methyl sites for hydroxylation is 2. The number of carbonyl (C=O) groups excluding carboxylic acids is 3. The van der Waals surface area contributed by atoms with E-state index in [1.807, 2.05) is 13.8 Å². The van der Waals surface area contributed by atoms with Crippen molar-refractivity contribution in [2.24, 2.45) is 0 Å². The lowest BCUT2D eigenvalue weighted by molar-refractivity contribution is -0.132. The first-order valence-electron chi connectivity index (χ1n) is 12.1. The van der Waals surface area contributed by atoms with Crippen LogP contribution in [-0.2, 0) is 32.8 Å². The number of benzene rings is 3. The molecule has 0 bridgehead atoms. The second-order valence-corrected chi connectivity index (χ2v) is 9.04. The molecule has 0 amide bonds. The van der Waals surface area contributed by atoms with E-state index in [4.69, 9.17) is 18.9 Å². The number of carbonyl (C=O) groups is 4. The molecule has 3 aromatic rings. The molecule has 2 aliphatic rings. The lowest BCUT2D eigenvalue weighted by Crippen LogP contribution is -2.33. The highest BCUT2D eigenvalue weighted by molar-refractivity contribution is 6.00. The Bertz CT molecular complexity index is 1480. The number of aromatic carboxylic acids is 1. The normalized spacial score (nSPS) is 14.1. The second kappa shape index (κ2) is 9.02. The Morgan fingerprint density at radius 2 is 1.34 bits per heavy atom. The fraction of sp³-hybridized carbons (Fsp3) is 0.241. The fourth-order valence-corrected chi connectivity index (χ4v) is 5.05. The number of hydrogen-bond donors (Lipinski definition) is 1. The van der Waals surface area contributed by atoms with Gasteiger partial charge in [0.2, 0.25) is 0 Å². The van der Waals surface area contributed by atoms with Crippen molar-refractivity contribution in [3.63, 3.8) is 0 Å². The third-order valence-electron chi connectivity index (χ3n) is 6.68. The molecule has 5 rings (SSSR count). The van der Waals surface area contributed by atoms with E-state index in [-0.39, 0.29) is 22.6 Å². The number of rotatable bonds is 5. The summed E-state index contributed by atoms with van der Waals surface area (Å²) in [5.74, 6) is -1.73. The molecule has 0 saturated carbocycles. The maximum Gasteiger partial charge on any atom is 0.340 e. The van der Waals surface area contributed by atoms with Crippen LogP contribution in [0.15, 0.2) is 42.5 Å². The second-order valence-electron chi connectivity index (χ2n) is 9.04. The van der Waals surface area contributed by atoms with Crippen LogP contribution < -0.4 is 14.2 Å². The zero-order valence-corrected chi connectivity index (χ0v) is 21.2. The van der Waals surface area contributed by atoms with Crippen LogP contribution in [-0.4, -0.2) is 29.0 Å². The zero-order chi connectivity index (χ0) is 27.4. The average molecular weight is 517 g/mol. The van der Waals surface area contributed by atoms with E-state index < -0.39 is 29.5 Å². The van der Waals surface area contributed by atoms with Gasteiger partial charge in [0.05, 0.1) is 11.1 Å². The van der Waals surface area contributed by atoms with Gasteiger partial charge in [-0.15, -0.1) is 0 Å². The monoisotopic (exact) mass is 516 g/mol. The molecule has 0 unspecified atom stereocenters. The summed E-state index contributed by atoms with van der Waals surface area (Å²) >= 11 is 0. The predicted octanol–water partition coefficient (Wildman–Crippen LogP) is 4.93. The van der Waals surface area contributed by atoms with E-state index in [9.17, 15) is 24.3 Å². The minimum atomic E-state index is -1.48. The maximum absolute atomic E-state index is 13.3. The molecule has 194 valence electrons. The minimum Gasteiger partial charge on any atom is -0.478 e. The van der Waals surface area contributed by atoms with Crippen LogP contribution in [0.1, 0.15) is 76.2 Å². The summed E-state index contributed by atoms with van der Waals surface area (Å²) in [5.41, 5.74) is 1.39. The maximum atomic E-state index is 13.3. The molecule has 0 radical (unpaired) electrons. The molecule has 1 spiro atoms. The van der Waals surface area contributed by atoms with Crippen molar-refractivity contribution in [1.82, 2.24) is 0 Å². The number of carboxylic acids is 1. The van der Waals surface area contributed by atoms with Gasteiger partial charge in [0.1, 0.15) is 23.0 Å². The van der Waals surface area contributed by atoms with Gasteiger partial charge >= 0.3 is 23.9 Å². The highest BCUT2D eigenvalue weighted by Crippen LogP contribution is 2.58. The van der Waals surface area contributed by atoms with Crippen LogP contribution in [0.2, 0.25) is 0 Å². The largest absolute Gasteiger partial charge is 0.478 e. The lowest BCUT2D eigenvalue weighted by Gasteiger charge is -2.37. The quantitative estimate of drug-likeness (QED) is 0.371. The van der Waals surface area contributed by atoms with Crippen LogP contribution in [0.3, 0.4) is 0 Å². The van der Waals surface area contributed by atoms with Gasteiger partial charge in [-0.1, -0.05) is 19.9 Å². The molecule has 9 heteroatoms. The van der Waals surface area contributed by atoms with E-state index in [0.717, 1.165) is 0 Å². The van der Waals surface area contributed by atoms with Crippen LogP contribution in [0.4, 0.5) is 0 Å². The molecule has 1 N–H and O–H groups in total. The van der Waals surface area contributed by atoms with Crippen molar-refractivity contribution in [3.8, 4) is 23.0 Å². The molecule has 0 aliphatic carbocycles. The Balaban J connectivity index is 1.85. The predicted molar refractivity (Wildman–Crippen MR) is 133 cm³/mol. The molecular formula is C29H24O9. The van der Waals surface area contributed by atoms with Gasteiger partial charge in [-0.25, -0.2) is 9.59 Å². The molecule has 38 heavy (non-hydrogen) atoms. The van der Waals surface area contributed by atoms with Crippen LogP contribution in [0, 0.1) is 0 Å². The Morgan fingerprint density at radius 1 is 0.816 bits per heavy atom. The van der Waals surface area contributed by atoms with Crippen molar-refractivity contribution in [3.05, 3.63) is 81.4 Å². The van der Waals surface area contributed by atoms with Crippen molar-refractivity contribution in [2.45, 2.75) is 46.1 Å². The molecule has 3 aromatic carbocycles. The minimum absolute atomic E-state index is 0.0517. The van der Waals surface area contributed by atoms with Crippen molar-refractivity contribution < 1.29 is 43.2 Å². The third kappa shape index (κ3) is 3.78. The average Bonchev–Trinajstić information content (AvgIpc) is 3.15. The summed E-state index contributed by atoms with van der Waals surface area (Å²) in [4.78, 5) is 48.5. The lowest BCUT2D eigenvalue weighted by atomic mass is 9.76. The first kappa shape index (κ1) is 25.0. The van der Waals surface area contributed by atoms with Crippen LogP contribution >= 0.6 is 0 Å². The Hall–Kier alpha value is -4.66. The van der Waals surface area contributed by atoms with Crippen molar-refractivity contribution in [1.29, 1.82) is 0 Å². The molecule has 9 nitrogen and oxygen atoms in total. The number of ether oxygens (including phenoxy) is 4. The summed E-state index contributed by atoms with van der Waals surface area (Å²) in [7, 11) is 0. The summed E-state index contributed by atoms with van der Waals surface area (Å²) in [6, 6.07) is 11.0. The summed E-state index contributed by atoms with van der Waals surface area (Å²) in [6.45, 7) is 6.38.